The molecule has 0 radical (unpaired) electrons. The molecule has 0 unspecified atom stereocenters. The topological polar surface area (TPSA) is 60.2 Å². The van der Waals surface area contributed by atoms with Crippen molar-refractivity contribution in [2.75, 3.05) is 7.05 Å². The van der Waals surface area contributed by atoms with Gasteiger partial charge in [-0.2, -0.15) is 5.10 Å². The lowest BCUT2D eigenvalue weighted by Crippen LogP contribution is -2.33. The highest BCUT2D eigenvalue weighted by molar-refractivity contribution is 7.99. The maximum Gasteiger partial charge on any atom is 0.410 e. The first-order valence-corrected chi connectivity index (χ1v) is 10.5. The fraction of sp³-hybridized carbons (Fsp3) is 0.286. The van der Waals surface area contributed by atoms with Crippen molar-refractivity contribution in [2.45, 2.75) is 42.8 Å². The summed E-state index contributed by atoms with van der Waals surface area (Å²) in [5, 5.41) is 5.26. The average molecular weight is 467 g/mol. The molecule has 2 aromatic heterocycles. The zero-order valence-corrected chi connectivity index (χ0v) is 19.0. The Labute approximate surface area is 188 Å². The van der Waals surface area contributed by atoms with Crippen molar-refractivity contribution in [3.63, 3.8) is 0 Å². The summed E-state index contributed by atoms with van der Waals surface area (Å²) in [5.74, 6) is -2.00. The molecule has 3 aromatic rings. The predicted molar refractivity (Wildman–Crippen MR) is 115 cm³/mol. The lowest BCUT2D eigenvalue weighted by Gasteiger charge is -2.24. The van der Waals surface area contributed by atoms with Crippen LogP contribution in [-0.4, -0.2) is 38.4 Å². The average Bonchev–Trinajstić information content (AvgIpc) is 3.06. The number of rotatable bonds is 5. The van der Waals surface area contributed by atoms with Gasteiger partial charge in [-0.15, -0.1) is 0 Å². The van der Waals surface area contributed by atoms with E-state index in [4.69, 9.17) is 16.3 Å². The second-order valence-electron chi connectivity index (χ2n) is 7.71. The van der Waals surface area contributed by atoms with Crippen LogP contribution in [0.5, 0.6) is 0 Å². The Bertz CT molecular complexity index is 1080. The molecule has 0 aliphatic carbocycles. The molecule has 0 bridgehead atoms. The number of benzene rings is 1. The van der Waals surface area contributed by atoms with Crippen LogP contribution in [0.25, 0.3) is 5.69 Å². The van der Waals surface area contributed by atoms with Crippen LogP contribution < -0.4 is 0 Å². The van der Waals surface area contributed by atoms with Gasteiger partial charge in [0.1, 0.15) is 21.5 Å². The van der Waals surface area contributed by atoms with Crippen LogP contribution in [-0.2, 0) is 11.3 Å². The van der Waals surface area contributed by atoms with E-state index in [1.165, 1.54) is 33.5 Å². The van der Waals surface area contributed by atoms with Gasteiger partial charge >= 0.3 is 6.09 Å². The van der Waals surface area contributed by atoms with Crippen molar-refractivity contribution >= 4 is 29.5 Å². The van der Waals surface area contributed by atoms with Crippen molar-refractivity contribution in [3.8, 4) is 5.69 Å². The first-order valence-electron chi connectivity index (χ1n) is 9.30. The molecular weight excluding hydrogens is 446 g/mol. The lowest BCUT2D eigenvalue weighted by atomic mass is 10.2. The summed E-state index contributed by atoms with van der Waals surface area (Å²) < 4.78 is 35.0. The van der Waals surface area contributed by atoms with Crippen LogP contribution in [0.2, 0.25) is 5.15 Å². The van der Waals surface area contributed by atoms with Crippen LogP contribution in [0.4, 0.5) is 13.6 Å². The highest BCUT2D eigenvalue weighted by Gasteiger charge is 2.22. The van der Waals surface area contributed by atoms with E-state index in [0.29, 0.717) is 15.9 Å². The second kappa shape index (κ2) is 9.23. The van der Waals surface area contributed by atoms with Gasteiger partial charge in [-0.25, -0.2) is 23.2 Å². The standard InChI is InChI=1S/C21H21ClF2N4O2S/c1-21(2,3)30-20(29)27(4)12-13-10-18(31-14-8-9-17(22)25-11-14)28(26-13)16-7-5-6-15(23)19(16)24/h5-11H,12H2,1-4H3. The number of carbonyl (C=O) groups is 1. The molecule has 0 N–H and O–H groups in total. The summed E-state index contributed by atoms with van der Waals surface area (Å²) in [7, 11) is 1.58. The van der Waals surface area contributed by atoms with Crippen molar-refractivity contribution < 1.29 is 18.3 Å². The molecule has 0 atom stereocenters. The first kappa shape index (κ1) is 23.0. The normalized spacial score (nSPS) is 11.5. The lowest BCUT2D eigenvalue weighted by molar-refractivity contribution is 0.0283. The van der Waals surface area contributed by atoms with Crippen LogP contribution >= 0.6 is 23.4 Å². The number of aromatic nitrogens is 3. The van der Waals surface area contributed by atoms with Gasteiger partial charge in [-0.05, 0) is 51.1 Å². The van der Waals surface area contributed by atoms with Gasteiger partial charge in [-0.1, -0.05) is 29.4 Å². The van der Waals surface area contributed by atoms with Crippen LogP contribution in [0.3, 0.4) is 0 Å². The van der Waals surface area contributed by atoms with Gasteiger partial charge in [0.15, 0.2) is 11.6 Å². The number of pyridine rings is 1. The molecule has 0 saturated carbocycles. The second-order valence-corrected chi connectivity index (χ2v) is 9.19. The Morgan fingerprint density at radius 1 is 1.26 bits per heavy atom. The maximum absolute atomic E-state index is 14.5. The Kier molecular flexibility index (Phi) is 6.86. The van der Waals surface area contributed by atoms with Crippen molar-refractivity contribution in [1.82, 2.24) is 19.7 Å². The monoisotopic (exact) mass is 466 g/mol. The molecule has 0 aliphatic heterocycles. The van der Waals surface area contributed by atoms with Crippen molar-refractivity contribution in [2.24, 2.45) is 0 Å². The third kappa shape index (κ3) is 5.95. The number of amides is 1. The third-order valence-corrected chi connectivity index (χ3v) is 5.11. The fourth-order valence-corrected chi connectivity index (χ4v) is 3.59. The molecule has 10 heteroatoms. The molecule has 3 rings (SSSR count). The van der Waals surface area contributed by atoms with Gasteiger partial charge in [-0.3, -0.25) is 0 Å². The van der Waals surface area contributed by atoms with Crippen LogP contribution in [0.15, 0.2) is 52.5 Å². The van der Waals surface area contributed by atoms with E-state index in [1.54, 1.807) is 52.2 Å². The zero-order valence-electron chi connectivity index (χ0n) is 17.4. The SMILES string of the molecule is CN(Cc1cc(Sc2ccc(Cl)nc2)n(-c2cccc(F)c2F)n1)C(=O)OC(C)(C)C. The Hall–Kier alpha value is -2.65. The van der Waals surface area contributed by atoms with Gasteiger partial charge in [0.2, 0.25) is 0 Å². The molecule has 0 aliphatic rings. The summed E-state index contributed by atoms with van der Waals surface area (Å²) in [6.45, 7) is 5.44. The molecule has 1 aromatic carbocycles. The minimum atomic E-state index is -1.02. The molecule has 31 heavy (non-hydrogen) atoms. The summed E-state index contributed by atoms with van der Waals surface area (Å²) in [6, 6.07) is 8.95. The van der Waals surface area contributed by atoms with Crippen molar-refractivity contribution in [1.29, 1.82) is 0 Å². The molecule has 2 heterocycles. The van der Waals surface area contributed by atoms with Gasteiger partial charge < -0.3 is 9.64 Å². The summed E-state index contributed by atoms with van der Waals surface area (Å²) >= 11 is 7.09. The third-order valence-electron chi connectivity index (χ3n) is 3.91. The summed E-state index contributed by atoms with van der Waals surface area (Å²) in [5.41, 5.74) is -0.213. The minimum Gasteiger partial charge on any atom is -0.444 e. The molecule has 0 spiro atoms. The summed E-state index contributed by atoms with van der Waals surface area (Å²) in [4.78, 5) is 18.4. The van der Waals surface area contributed by atoms with Gasteiger partial charge in [0, 0.05) is 18.1 Å². The highest BCUT2D eigenvalue weighted by atomic mass is 35.5. The Morgan fingerprint density at radius 3 is 2.65 bits per heavy atom. The highest BCUT2D eigenvalue weighted by Crippen LogP contribution is 2.31. The van der Waals surface area contributed by atoms with Crippen LogP contribution in [0.1, 0.15) is 26.5 Å². The van der Waals surface area contributed by atoms with E-state index in [-0.39, 0.29) is 12.2 Å². The number of ether oxygens (including phenoxy) is 1. The van der Waals surface area contributed by atoms with Crippen LogP contribution in [0, 0.1) is 11.6 Å². The number of hydrogen-bond donors (Lipinski definition) is 0. The fourth-order valence-electron chi connectivity index (χ4n) is 2.58. The number of halogens is 3. The molecule has 6 nitrogen and oxygen atoms in total. The predicted octanol–water partition coefficient (Wildman–Crippen LogP) is 5.72. The van der Waals surface area contributed by atoms with E-state index in [1.807, 2.05) is 0 Å². The van der Waals surface area contributed by atoms with Gasteiger partial charge in [0.25, 0.3) is 0 Å². The number of hydrogen-bond acceptors (Lipinski definition) is 5. The van der Waals surface area contributed by atoms with Gasteiger partial charge in [0.05, 0.1) is 12.2 Å². The van der Waals surface area contributed by atoms with E-state index in [9.17, 15) is 13.6 Å². The minimum absolute atomic E-state index is 0.0457. The summed E-state index contributed by atoms with van der Waals surface area (Å²) in [6.07, 6.45) is 1.05. The smallest absolute Gasteiger partial charge is 0.410 e. The van der Waals surface area contributed by atoms with Crippen molar-refractivity contribution in [3.05, 3.63) is 65.1 Å². The Morgan fingerprint density at radius 2 is 2.00 bits per heavy atom. The molecule has 1 amide bonds. The zero-order chi connectivity index (χ0) is 22.8. The molecule has 164 valence electrons. The quantitative estimate of drug-likeness (QED) is 0.450. The molecule has 0 fully saturated rings. The maximum atomic E-state index is 14.5. The Balaban J connectivity index is 1.94. The molecule has 0 saturated heterocycles. The van der Waals surface area contributed by atoms with E-state index >= 15 is 0 Å². The largest absolute Gasteiger partial charge is 0.444 e. The number of nitrogens with zero attached hydrogens (tertiary/aromatic N) is 4. The van der Waals surface area contributed by atoms with E-state index in [0.717, 1.165) is 11.0 Å². The van der Waals surface area contributed by atoms with E-state index < -0.39 is 23.3 Å². The van der Waals surface area contributed by atoms with E-state index in [2.05, 4.69) is 10.1 Å². The molecular formula is C21H21ClF2N4O2S. The first-order chi connectivity index (χ1) is 14.5. The number of carbonyl (C=O) groups excluding carboxylic acids is 1.